The zero-order chi connectivity index (χ0) is 16.4. The molecule has 0 saturated carbocycles. The highest BCUT2D eigenvalue weighted by Crippen LogP contribution is 2.25. The number of anilines is 1. The fourth-order valence-electron chi connectivity index (χ4n) is 2.71. The van der Waals surface area contributed by atoms with E-state index in [0.717, 1.165) is 41.6 Å². The molecule has 1 fully saturated rings. The summed E-state index contributed by atoms with van der Waals surface area (Å²) in [6, 6.07) is 1.91. The number of aryl methyl sites for hydroxylation is 1. The van der Waals surface area contributed by atoms with Crippen molar-refractivity contribution >= 4 is 17.4 Å². The predicted octanol–water partition coefficient (Wildman–Crippen LogP) is 2.11. The lowest BCUT2D eigenvalue weighted by Gasteiger charge is -2.32. The van der Waals surface area contributed by atoms with Crippen molar-refractivity contribution in [3.63, 3.8) is 0 Å². The summed E-state index contributed by atoms with van der Waals surface area (Å²) in [5.74, 6) is 0.869. The smallest absolute Gasteiger partial charge is 0.129 e. The van der Waals surface area contributed by atoms with Crippen LogP contribution in [0.15, 0.2) is 24.7 Å². The SMILES string of the molecule is CN(C)c1cc(Cl)c(CN2CCOC(c3cnn(C)c3)C2)cn1. The summed E-state index contributed by atoms with van der Waals surface area (Å²) in [4.78, 5) is 8.75. The first-order chi connectivity index (χ1) is 11.0. The van der Waals surface area contributed by atoms with Gasteiger partial charge in [0.25, 0.3) is 0 Å². The van der Waals surface area contributed by atoms with Crippen LogP contribution in [0, 0.1) is 0 Å². The van der Waals surface area contributed by atoms with Gasteiger partial charge in [-0.15, -0.1) is 0 Å². The van der Waals surface area contributed by atoms with Crippen molar-refractivity contribution in [2.24, 2.45) is 7.05 Å². The lowest BCUT2D eigenvalue weighted by molar-refractivity contribution is -0.0329. The maximum absolute atomic E-state index is 6.41. The topological polar surface area (TPSA) is 46.4 Å². The van der Waals surface area contributed by atoms with E-state index in [1.54, 1.807) is 4.68 Å². The second-order valence-electron chi connectivity index (χ2n) is 6.07. The maximum Gasteiger partial charge on any atom is 0.129 e. The van der Waals surface area contributed by atoms with E-state index in [4.69, 9.17) is 16.3 Å². The molecule has 0 radical (unpaired) electrons. The second-order valence-corrected chi connectivity index (χ2v) is 6.48. The first-order valence-electron chi connectivity index (χ1n) is 7.67. The first kappa shape index (κ1) is 16.2. The van der Waals surface area contributed by atoms with E-state index in [0.29, 0.717) is 6.61 Å². The predicted molar refractivity (Wildman–Crippen MR) is 90.8 cm³/mol. The van der Waals surface area contributed by atoms with Crippen LogP contribution in [0.4, 0.5) is 5.82 Å². The van der Waals surface area contributed by atoms with Crippen molar-refractivity contribution in [1.82, 2.24) is 19.7 Å². The molecule has 1 unspecified atom stereocenters. The summed E-state index contributed by atoms with van der Waals surface area (Å²) in [6.07, 6.45) is 5.81. The van der Waals surface area contributed by atoms with Gasteiger partial charge in [-0.3, -0.25) is 9.58 Å². The van der Waals surface area contributed by atoms with Gasteiger partial charge in [-0.2, -0.15) is 5.10 Å². The number of ether oxygens (including phenoxy) is 1. The van der Waals surface area contributed by atoms with E-state index in [1.165, 1.54) is 0 Å². The van der Waals surface area contributed by atoms with E-state index >= 15 is 0 Å². The summed E-state index contributed by atoms with van der Waals surface area (Å²) >= 11 is 6.41. The van der Waals surface area contributed by atoms with Crippen LogP contribution in [0.2, 0.25) is 5.02 Å². The third-order valence-electron chi connectivity index (χ3n) is 4.01. The molecule has 1 aliphatic rings. The number of aromatic nitrogens is 3. The van der Waals surface area contributed by atoms with Crippen LogP contribution < -0.4 is 4.90 Å². The molecule has 0 spiro atoms. The van der Waals surface area contributed by atoms with E-state index in [9.17, 15) is 0 Å². The quantitative estimate of drug-likeness (QED) is 0.856. The molecule has 3 rings (SSSR count). The molecule has 1 atom stereocenters. The number of halogens is 1. The Kier molecular flexibility index (Phi) is 4.84. The summed E-state index contributed by atoms with van der Waals surface area (Å²) in [7, 11) is 5.83. The average molecular weight is 336 g/mol. The van der Waals surface area contributed by atoms with E-state index in [2.05, 4.69) is 15.0 Å². The van der Waals surface area contributed by atoms with Crippen LogP contribution in [0.5, 0.6) is 0 Å². The Labute approximate surface area is 141 Å². The maximum atomic E-state index is 6.41. The van der Waals surface area contributed by atoms with Crippen LogP contribution in [0.3, 0.4) is 0 Å². The van der Waals surface area contributed by atoms with E-state index < -0.39 is 0 Å². The number of hydrogen-bond acceptors (Lipinski definition) is 5. The molecule has 0 bridgehead atoms. The summed E-state index contributed by atoms with van der Waals surface area (Å²) in [5, 5.41) is 4.98. The van der Waals surface area contributed by atoms with Gasteiger partial charge in [-0.25, -0.2) is 4.98 Å². The highest BCUT2D eigenvalue weighted by Gasteiger charge is 2.23. The molecular weight excluding hydrogens is 314 g/mol. The number of hydrogen-bond donors (Lipinski definition) is 0. The molecule has 3 heterocycles. The minimum Gasteiger partial charge on any atom is -0.371 e. The summed E-state index contributed by atoms with van der Waals surface area (Å²) < 4.78 is 7.68. The first-order valence-corrected chi connectivity index (χ1v) is 8.05. The molecule has 1 saturated heterocycles. The zero-order valence-corrected chi connectivity index (χ0v) is 14.5. The van der Waals surface area contributed by atoms with Gasteiger partial charge < -0.3 is 9.64 Å². The van der Waals surface area contributed by atoms with E-state index in [-0.39, 0.29) is 6.10 Å². The molecule has 0 aromatic carbocycles. The van der Waals surface area contributed by atoms with Gasteiger partial charge in [0.2, 0.25) is 0 Å². The lowest BCUT2D eigenvalue weighted by atomic mass is 10.1. The van der Waals surface area contributed by atoms with Crippen molar-refractivity contribution in [2.75, 3.05) is 38.7 Å². The minimum atomic E-state index is 0.0604. The third-order valence-corrected chi connectivity index (χ3v) is 4.37. The molecule has 0 aliphatic carbocycles. The van der Waals surface area contributed by atoms with Gasteiger partial charge in [-0.05, 0) is 6.07 Å². The normalized spacial score (nSPS) is 19.0. The molecule has 0 N–H and O–H groups in total. The van der Waals surface area contributed by atoms with Crippen molar-refractivity contribution in [2.45, 2.75) is 12.6 Å². The van der Waals surface area contributed by atoms with Gasteiger partial charge >= 0.3 is 0 Å². The molecule has 1 aliphatic heterocycles. The van der Waals surface area contributed by atoms with Crippen LogP contribution in [-0.4, -0.2) is 53.5 Å². The van der Waals surface area contributed by atoms with Gasteiger partial charge in [0.05, 0.1) is 23.9 Å². The van der Waals surface area contributed by atoms with Gasteiger partial charge in [0, 0.05) is 64.3 Å². The van der Waals surface area contributed by atoms with Gasteiger partial charge in [0.15, 0.2) is 0 Å². The van der Waals surface area contributed by atoms with Crippen LogP contribution in [-0.2, 0) is 18.3 Å². The van der Waals surface area contributed by atoms with Crippen molar-refractivity contribution in [3.8, 4) is 0 Å². The highest BCUT2D eigenvalue weighted by atomic mass is 35.5. The Morgan fingerprint density at radius 3 is 2.87 bits per heavy atom. The minimum absolute atomic E-state index is 0.0604. The average Bonchev–Trinajstić information content (AvgIpc) is 2.96. The van der Waals surface area contributed by atoms with Crippen LogP contribution >= 0.6 is 11.6 Å². The second kappa shape index (κ2) is 6.86. The number of morpholine rings is 1. The molecule has 6 nitrogen and oxygen atoms in total. The molecule has 23 heavy (non-hydrogen) atoms. The molecular formula is C16H22ClN5O. The Balaban J connectivity index is 1.68. The largest absolute Gasteiger partial charge is 0.371 e. The number of pyridine rings is 1. The monoisotopic (exact) mass is 335 g/mol. The van der Waals surface area contributed by atoms with Crippen LogP contribution in [0.25, 0.3) is 0 Å². The zero-order valence-electron chi connectivity index (χ0n) is 13.7. The summed E-state index contributed by atoms with van der Waals surface area (Å²) in [6.45, 7) is 3.21. The van der Waals surface area contributed by atoms with Crippen molar-refractivity contribution in [1.29, 1.82) is 0 Å². The Bertz CT molecular complexity index is 672. The molecule has 124 valence electrons. The van der Waals surface area contributed by atoms with Crippen LogP contribution in [0.1, 0.15) is 17.2 Å². The number of nitrogens with zero attached hydrogens (tertiary/aromatic N) is 5. The fourth-order valence-corrected chi connectivity index (χ4v) is 2.91. The Morgan fingerprint density at radius 1 is 1.39 bits per heavy atom. The third kappa shape index (κ3) is 3.83. The highest BCUT2D eigenvalue weighted by molar-refractivity contribution is 6.31. The summed E-state index contributed by atoms with van der Waals surface area (Å²) in [5.41, 5.74) is 2.16. The van der Waals surface area contributed by atoms with Crippen molar-refractivity contribution in [3.05, 3.63) is 40.8 Å². The number of rotatable bonds is 4. The molecule has 2 aromatic rings. The van der Waals surface area contributed by atoms with Gasteiger partial charge in [-0.1, -0.05) is 11.6 Å². The molecule has 7 heteroatoms. The van der Waals surface area contributed by atoms with E-state index in [1.807, 2.05) is 50.7 Å². The van der Waals surface area contributed by atoms with Gasteiger partial charge in [0.1, 0.15) is 5.82 Å². The fraction of sp³-hybridized carbons (Fsp3) is 0.500. The Hall–Kier alpha value is -1.63. The lowest BCUT2D eigenvalue weighted by Crippen LogP contribution is -2.37. The standard InChI is InChI=1S/C16H22ClN5O/c1-20(2)16-6-14(17)12(7-18-16)10-22-4-5-23-15(11-22)13-8-19-21(3)9-13/h6-9,15H,4-5,10-11H2,1-3H3. The molecule has 2 aromatic heterocycles. The Morgan fingerprint density at radius 2 is 2.22 bits per heavy atom. The van der Waals surface area contributed by atoms with Crippen molar-refractivity contribution < 1.29 is 4.74 Å². The molecule has 0 amide bonds.